The summed E-state index contributed by atoms with van der Waals surface area (Å²) in [5.74, 6) is 0.395. The van der Waals surface area contributed by atoms with Gasteiger partial charge in [-0.3, -0.25) is 0 Å². The molecule has 0 aromatic heterocycles. The maximum atomic E-state index is 13.2. The van der Waals surface area contributed by atoms with Gasteiger partial charge in [-0.2, -0.15) is 10.4 Å². The number of fused-ring (bicyclic) bond motifs is 1. The molecule has 2 aromatic rings. The highest BCUT2D eigenvalue weighted by molar-refractivity contribution is 6.10. The van der Waals surface area contributed by atoms with Gasteiger partial charge in [-0.25, -0.2) is 9.80 Å². The SMILES string of the molecule is N#CC1(c2ccccc2)CCC(N2N=C(C3CCCCC3)c3ccccc3NC2=O)CC1. The molecule has 5 rings (SSSR count). The summed E-state index contributed by atoms with van der Waals surface area (Å²) in [5.41, 5.74) is 3.58. The lowest BCUT2D eigenvalue weighted by Gasteiger charge is -2.38. The summed E-state index contributed by atoms with van der Waals surface area (Å²) in [6.07, 6.45) is 9.01. The molecule has 5 nitrogen and oxygen atoms in total. The van der Waals surface area contributed by atoms with Crippen molar-refractivity contribution < 1.29 is 4.79 Å². The van der Waals surface area contributed by atoms with Crippen LogP contribution < -0.4 is 5.32 Å². The van der Waals surface area contributed by atoms with E-state index in [1.807, 2.05) is 36.4 Å². The minimum atomic E-state index is -0.473. The Morgan fingerprint density at radius 1 is 0.938 bits per heavy atom. The number of carbonyl (C=O) groups excluding carboxylic acids is 1. The Hall–Kier alpha value is -3.13. The van der Waals surface area contributed by atoms with E-state index in [2.05, 4.69) is 29.6 Å². The van der Waals surface area contributed by atoms with Crippen LogP contribution in [-0.2, 0) is 5.41 Å². The number of para-hydroxylation sites is 1. The van der Waals surface area contributed by atoms with Crippen LogP contribution in [0.1, 0.15) is 68.9 Å². The van der Waals surface area contributed by atoms with Gasteiger partial charge in [0.05, 0.1) is 28.9 Å². The van der Waals surface area contributed by atoms with Gasteiger partial charge in [-0.15, -0.1) is 0 Å². The number of nitriles is 1. The third-order valence-corrected chi connectivity index (χ3v) is 7.55. The Balaban J connectivity index is 1.43. The Morgan fingerprint density at radius 2 is 1.62 bits per heavy atom. The second kappa shape index (κ2) is 8.78. The predicted molar refractivity (Wildman–Crippen MR) is 126 cm³/mol. The molecule has 2 aliphatic carbocycles. The van der Waals surface area contributed by atoms with Crippen molar-refractivity contribution in [1.82, 2.24) is 5.01 Å². The number of rotatable bonds is 3. The Morgan fingerprint density at radius 3 is 2.34 bits per heavy atom. The van der Waals surface area contributed by atoms with E-state index in [-0.39, 0.29) is 12.1 Å². The molecule has 1 aliphatic heterocycles. The predicted octanol–water partition coefficient (Wildman–Crippen LogP) is 6.22. The van der Waals surface area contributed by atoms with Crippen LogP contribution in [0.25, 0.3) is 0 Å². The Labute approximate surface area is 190 Å². The van der Waals surface area contributed by atoms with Crippen molar-refractivity contribution in [3.8, 4) is 6.07 Å². The van der Waals surface area contributed by atoms with Crippen LogP contribution in [0.4, 0.5) is 10.5 Å². The van der Waals surface area contributed by atoms with Gasteiger partial charge in [0.1, 0.15) is 0 Å². The number of amides is 2. The highest BCUT2D eigenvalue weighted by Crippen LogP contribution is 2.41. The number of anilines is 1. The second-order valence-electron chi connectivity index (χ2n) is 9.43. The molecule has 0 saturated heterocycles. The molecular formula is C27H30N4O. The molecule has 0 unspecified atom stereocenters. The van der Waals surface area contributed by atoms with Crippen LogP contribution in [0.2, 0.25) is 0 Å². The molecule has 5 heteroatoms. The molecular weight excluding hydrogens is 396 g/mol. The molecule has 1 N–H and O–H groups in total. The summed E-state index contributed by atoms with van der Waals surface area (Å²) in [6, 6.07) is 20.6. The number of hydrogen-bond acceptors (Lipinski definition) is 3. The number of nitrogens with one attached hydrogen (secondary N) is 1. The first-order valence-corrected chi connectivity index (χ1v) is 11.9. The van der Waals surface area contributed by atoms with Gasteiger partial charge in [-0.05, 0) is 50.2 Å². The maximum Gasteiger partial charge on any atom is 0.342 e. The summed E-state index contributed by atoms with van der Waals surface area (Å²) >= 11 is 0. The summed E-state index contributed by atoms with van der Waals surface area (Å²) in [6.45, 7) is 0. The van der Waals surface area contributed by atoms with Crippen molar-refractivity contribution in [3.05, 3.63) is 65.7 Å². The van der Waals surface area contributed by atoms with Crippen molar-refractivity contribution in [1.29, 1.82) is 5.26 Å². The highest BCUT2D eigenvalue weighted by atomic mass is 16.2. The molecule has 0 spiro atoms. The average Bonchev–Trinajstić information content (AvgIpc) is 3.01. The monoisotopic (exact) mass is 426 g/mol. The molecule has 0 atom stereocenters. The second-order valence-corrected chi connectivity index (χ2v) is 9.43. The lowest BCUT2D eigenvalue weighted by atomic mass is 9.69. The third kappa shape index (κ3) is 3.79. The number of benzene rings is 2. The van der Waals surface area contributed by atoms with E-state index in [1.165, 1.54) is 19.3 Å². The zero-order valence-electron chi connectivity index (χ0n) is 18.5. The molecule has 32 heavy (non-hydrogen) atoms. The Bertz CT molecular complexity index is 1040. The Kier molecular flexibility index (Phi) is 5.70. The molecule has 2 amide bonds. The topological polar surface area (TPSA) is 68.5 Å². The minimum Gasteiger partial charge on any atom is -0.306 e. The molecule has 2 saturated carbocycles. The van der Waals surface area contributed by atoms with Crippen molar-refractivity contribution in [2.75, 3.05) is 5.32 Å². The van der Waals surface area contributed by atoms with Crippen LogP contribution >= 0.6 is 0 Å². The highest BCUT2D eigenvalue weighted by Gasteiger charge is 2.41. The van der Waals surface area contributed by atoms with Crippen LogP contribution in [0, 0.1) is 17.2 Å². The fourth-order valence-corrected chi connectivity index (χ4v) is 5.69. The van der Waals surface area contributed by atoms with Gasteiger partial charge in [0.25, 0.3) is 0 Å². The van der Waals surface area contributed by atoms with Gasteiger partial charge < -0.3 is 5.32 Å². The number of urea groups is 1. The first-order valence-electron chi connectivity index (χ1n) is 11.9. The molecule has 2 aromatic carbocycles. The zero-order valence-corrected chi connectivity index (χ0v) is 18.5. The summed E-state index contributed by atoms with van der Waals surface area (Å²) in [7, 11) is 0. The van der Waals surface area contributed by atoms with E-state index in [4.69, 9.17) is 5.10 Å². The fraction of sp³-hybridized carbons (Fsp3) is 0.444. The molecule has 1 heterocycles. The van der Waals surface area contributed by atoms with Crippen LogP contribution in [-0.4, -0.2) is 22.8 Å². The van der Waals surface area contributed by atoms with Gasteiger partial charge in [0, 0.05) is 11.5 Å². The van der Waals surface area contributed by atoms with Crippen molar-refractivity contribution in [2.45, 2.75) is 69.2 Å². The van der Waals surface area contributed by atoms with Crippen LogP contribution in [0.15, 0.2) is 59.7 Å². The average molecular weight is 427 g/mol. The van der Waals surface area contributed by atoms with E-state index >= 15 is 0 Å². The summed E-state index contributed by atoms with van der Waals surface area (Å²) in [5, 5.41) is 19.9. The number of hydrogen-bond donors (Lipinski definition) is 1. The number of nitrogens with zero attached hydrogens (tertiary/aromatic N) is 3. The summed E-state index contributed by atoms with van der Waals surface area (Å²) < 4.78 is 0. The van der Waals surface area contributed by atoms with Crippen LogP contribution in [0.5, 0.6) is 0 Å². The van der Waals surface area contributed by atoms with Crippen LogP contribution in [0.3, 0.4) is 0 Å². The standard InChI is InChI=1S/C27H30N4O/c28-19-27(21-11-5-2-6-12-21)17-15-22(16-18-27)31-26(32)29-24-14-8-7-13-23(24)25(30-31)20-9-3-1-4-10-20/h2,5-8,11-14,20,22H,1,3-4,9-10,15-18H2,(H,29,32). The molecule has 3 aliphatic rings. The van der Waals surface area contributed by atoms with E-state index in [9.17, 15) is 10.1 Å². The quantitative estimate of drug-likeness (QED) is 0.633. The van der Waals surface area contributed by atoms with Gasteiger partial charge in [0.2, 0.25) is 0 Å². The minimum absolute atomic E-state index is 0.00749. The van der Waals surface area contributed by atoms with E-state index < -0.39 is 5.41 Å². The van der Waals surface area contributed by atoms with E-state index in [0.29, 0.717) is 5.92 Å². The largest absolute Gasteiger partial charge is 0.342 e. The zero-order chi connectivity index (χ0) is 22.0. The third-order valence-electron chi connectivity index (χ3n) is 7.55. The van der Waals surface area contributed by atoms with E-state index in [1.54, 1.807) is 5.01 Å². The van der Waals surface area contributed by atoms with Gasteiger partial charge >= 0.3 is 6.03 Å². The lowest BCUT2D eigenvalue weighted by Crippen LogP contribution is -2.44. The number of hydrazone groups is 1. The molecule has 2 fully saturated rings. The fourth-order valence-electron chi connectivity index (χ4n) is 5.69. The number of carbonyl (C=O) groups is 1. The summed E-state index contributed by atoms with van der Waals surface area (Å²) in [4.78, 5) is 13.2. The van der Waals surface area contributed by atoms with Gasteiger partial charge in [-0.1, -0.05) is 67.8 Å². The lowest BCUT2D eigenvalue weighted by molar-refractivity contribution is 0.157. The molecule has 0 bridgehead atoms. The molecule has 164 valence electrons. The van der Waals surface area contributed by atoms with Crippen molar-refractivity contribution >= 4 is 17.4 Å². The van der Waals surface area contributed by atoms with Gasteiger partial charge in [0.15, 0.2) is 0 Å². The van der Waals surface area contributed by atoms with E-state index in [0.717, 1.165) is 61.1 Å². The van der Waals surface area contributed by atoms with Crippen molar-refractivity contribution in [2.24, 2.45) is 11.0 Å². The molecule has 0 radical (unpaired) electrons. The first kappa shape index (κ1) is 20.8. The first-order chi connectivity index (χ1) is 15.7. The maximum absolute atomic E-state index is 13.2. The smallest absolute Gasteiger partial charge is 0.306 e. The normalized spacial score (nSPS) is 26.3. The van der Waals surface area contributed by atoms with Crippen molar-refractivity contribution in [3.63, 3.8) is 0 Å².